The molecule has 0 saturated carbocycles. The lowest BCUT2D eigenvalue weighted by Gasteiger charge is -2.38. The molecule has 4 aromatic rings. The van der Waals surface area contributed by atoms with Gasteiger partial charge in [0, 0.05) is 19.2 Å². The minimum Gasteiger partial charge on any atom is -0.335 e. The van der Waals surface area contributed by atoms with E-state index in [2.05, 4.69) is 58.5 Å². The number of hydrogen-bond donors (Lipinski definition) is 0. The van der Waals surface area contributed by atoms with Gasteiger partial charge in [0.1, 0.15) is 0 Å². The van der Waals surface area contributed by atoms with E-state index in [-0.39, 0.29) is 11.9 Å². The highest BCUT2D eigenvalue weighted by atomic mass is 16.2. The number of aryl methyl sites for hydroxylation is 1. The molecule has 1 aliphatic heterocycles. The number of aromatic nitrogens is 2. The number of rotatable bonds is 6. The lowest BCUT2D eigenvalue weighted by Crippen LogP contribution is -2.41. The molecule has 1 aliphatic rings. The lowest BCUT2D eigenvalue weighted by atomic mass is 9.88. The molecule has 3 aromatic carbocycles. The first-order valence-corrected chi connectivity index (χ1v) is 11.3. The van der Waals surface area contributed by atoms with Gasteiger partial charge in [0.25, 0.3) is 0 Å². The quantitative estimate of drug-likeness (QED) is 0.431. The molecule has 5 rings (SSSR count). The van der Waals surface area contributed by atoms with E-state index in [1.165, 1.54) is 16.7 Å². The third-order valence-electron chi connectivity index (χ3n) is 6.29. The molecule has 1 aromatic heterocycles. The Labute approximate surface area is 189 Å². The molecular formula is C28H27N3O. The first-order valence-electron chi connectivity index (χ1n) is 11.3. The van der Waals surface area contributed by atoms with Crippen LogP contribution in [0.25, 0.3) is 5.69 Å². The van der Waals surface area contributed by atoms with Crippen molar-refractivity contribution in [3.8, 4) is 5.69 Å². The molecule has 4 nitrogen and oxygen atoms in total. The fourth-order valence-electron chi connectivity index (χ4n) is 4.61. The maximum absolute atomic E-state index is 13.4. The molecular weight excluding hydrogens is 394 g/mol. The van der Waals surface area contributed by atoms with Crippen LogP contribution < -0.4 is 0 Å². The first kappa shape index (κ1) is 20.3. The van der Waals surface area contributed by atoms with Crippen molar-refractivity contribution in [1.82, 2.24) is 14.7 Å². The van der Waals surface area contributed by atoms with Gasteiger partial charge in [-0.1, -0.05) is 72.8 Å². The third kappa shape index (κ3) is 4.35. The number of nitrogens with zero attached hydrogens (tertiary/aromatic N) is 3. The number of hydrogen-bond acceptors (Lipinski definition) is 2. The number of benzene rings is 3. The third-order valence-corrected chi connectivity index (χ3v) is 6.29. The van der Waals surface area contributed by atoms with Crippen molar-refractivity contribution < 1.29 is 4.79 Å². The van der Waals surface area contributed by atoms with Crippen molar-refractivity contribution in [3.63, 3.8) is 0 Å². The second-order valence-electron chi connectivity index (χ2n) is 8.37. The van der Waals surface area contributed by atoms with Crippen molar-refractivity contribution in [2.45, 2.75) is 31.7 Å². The van der Waals surface area contributed by atoms with Crippen molar-refractivity contribution in [3.05, 3.63) is 120 Å². The van der Waals surface area contributed by atoms with Gasteiger partial charge in [-0.2, -0.15) is 5.10 Å². The highest BCUT2D eigenvalue weighted by Crippen LogP contribution is 2.33. The Hall–Kier alpha value is -3.66. The van der Waals surface area contributed by atoms with E-state index in [1.807, 2.05) is 53.5 Å². The lowest BCUT2D eigenvalue weighted by molar-refractivity contribution is -0.134. The summed E-state index contributed by atoms with van der Waals surface area (Å²) in [5.41, 5.74) is 6.02. The van der Waals surface area contributed by atoms with Crippen LogP contribution in [0.2, 0.25) is 0 Å². The van der Waals surface area contributed by atoms with Crippen molar-refractivity contribution in [2.75, 3.05) is 6.54 Å². The number of para-hydroxylation sites is 1. The Morgan fingerprint density at radius 3 is 2.41 bits per heavy atom. The molecule has 1 amide bonds. The molecule has 0 radical (unpaired) electrons. The molecule has 2 heterocycles. The zero-order valence-corrected chi connectivity index (χ0v) is 18.1. The van der Waals surface area contributed by atoms with E-state index in [9.17, 15) is 4.79 Å². The van der Waals surface area contributed by atoms with Gasteiger partial charge in [-0.05, 0) is 53.6 Å². The Kier molecular flexibility index (Phi) is 5.84. The maximum Gasteiger partial charge on any atom is 0.223 e. The topological polar surface area (TPSA) is 38.1 Å². The fraction of sp³-hybridized carbons (Fsp3) is 0.214. The van der Waals surface area contributed by atoms with Gasteiger partial charge in [-0.25, -0.2) is 4.68 Å². The summed E-state index contributed by atoms with van der Waals surface area (Å²) < 4.78 is 1.87. The van der Waals surface area contributed by atoms with Crippen LogP contribution in [0.4, 0.5) is 0 Å². The fourth-order valence-corrected chi connectivity index (χ4v) is 4.61. The Morgan fingerprint density at radius 1 is 0.875 bits per heavy atom. The monoisotopic (exact) mass is 421 g/mol. The van der Waals surface area contributed by atoms with Crippen LogP contribution in [-0.4, -0.2) is 27.1 Å². The van der Waals surface area contributed by atoms with Crippen LogP contribution in [0.1, 0.15) is 34.7 Å². The van der Waals surface area contributed by atoms with Crippen molar-refractivity contribution >= 4 is 5.91 Å². The summed E-state index contributed by atoms with van der Waals surface area (Å²) in [6.45, 7) is 0.774. The summed E-state index contributed by atoms with van der Waals surface area (Å²) in [5.74, 6) is 0.216. The summed E-state index contributed by atoms with van der Waals surface area (Å²) in [4.78, 5) is 15.5. The molecule has 0 N–H and O–H groups in total. The van der Waals surface area contributed by atoms with Gasteiger partial charge >= 0.3 is 0 Å². The van der Waals surface area contributed by atoms with Gasteiger partial charge in [0.15, 0.2) is 0 Å². The zero-order chi connectivity index (χ0) is 21.8. The molecule has 0 saturated heterocycles. The van der Waals surface area contributed by atoms with E-state index in [1.54, 1.807) is 0 Å². The van der Waals surface area contributed by atoms with Crippen LogP contribution in [0.3, 0.4) is 0 Å². The van der Waals surface area contributed by atoms with Gasteiger partial charge in [-0.3, -0.25) is 4.79 Å². The number of fused-ring (bicyclic) bond motifs is 1. The molecule has 0 bridgehead atoms. The largest absolute Gasteiger partial charge is 0.335 e. The number of carbonyl (C=O) groups is 1. The summed E-state index contributed by atoms with van der Waals surface area (Å²) in [5, 5.41) is 4.47. The SMILES string of the molecule is O=C(CCc1cnn(-c2ccccc2)c1)N1CCc2ccccc2[C@H]1Cc1ccccc1. The van der Waals surface area contributed by atoms with E-state index >= 15 is 0 Å². The van der Waals surface area contributed by atoms with E-state index in [0.29, 0.717) is 12.8 Å². The average molecular weight is 422 g/mol. The van der Waals surface area contributed by atoms with E-state index in [4.69, 9.17) is 0 Å². The Balaban J connectivity index is 1.31. The van der Waals surface area contributed by atoms with Crippen LogP contribution >= 0.6 is 0 Å². The van der Waals surface area contributed by atoms with Gasteiger partial charge in [0.2, 0.25) is 5.91 Å². The Morgan fingerprint density at radius 2 is 1.59 bits per heavy atom. The molecule has 0 fully saturated rings. The molecule has 160 valence electrons. The number of amides is 1. The summed E-state index contributed by atoms with van der Waals surface area (Å²) >= 11 is 0. The minimum absolute atomic E-state index is 0.0851. The van der Waals surface area contributed by atoms with Crippen LogP contribution in [-0.2, 0) is 24.1 Å². The molecule has 0 aliphatic carbocycles. The van der Waals surface area contributed by atoms with Crippen LogP contribution in [0, 0.1) is 0 Å². The molecule has 1 atom stereocenters. The summed E-state index contributed by atoms with van der Waals surface area (Å²) in [7, 11) is 0. The summed E-state index contributed by atoms with van der Waals surface area (Å²) in [6.07, 6.45) is 6.84. The highest BCUT2D eigenvalue weighted by molar-refractivity contribution is 5.77. The van der Waals surface area contributed by atoms with Gasteiger partial charge < -0.3 is 4.90 Å². The minimum atomic E-state index is 0.0851. The first-order chi connectivity index (χ1) is 15.8. The normalized spacial score (nSPS) is 15.4. The summed E-state index contributed by atoms with van der Waals surface area (Å²) in [6, 6.07) is 29.2. The maximum atomic E-state index is 13.4. The van der Waals surface area contributed by atoms with Crippen molar-refractivity contribution in [2.24, 2.45) is 0 Å². The standard InChI is InChI=1S/C28H27N3O/c32-28(16-15-23-20-29-31(21-23)25-12-5-2-6-13-25)30-18-17-24-11-7-8-14-26(24)27(30)19-22-9-3-1-4-10-22/h1-14,20-21,27H,15-19H2/t27-/m1/s1. The number of carbonyl (C=O) groups excluding carboxylic acids is 1. The smallest absolute Gasteiger partial charge is 0.223 e. The van der Waals surface area contributed by atoms with Crippen molar-refractivity contribution in [1.29, 1.82) is 0 Å². The van der Waals surface area contributed by atoms with Gasteiger partial charge in [-0.15, -0.1) is 0 Å². The second-order valence-corrected chi connectivity index (χ2v) is 8.37. The molecule has 0 unspecified atom stereocenters. The second kappa shape index (κ2) is 9.23. The van der Waals surface area contributed by atoms with Gasteiger partial charge in [0.05, 0.1) is 17.9 Å². The van der Waals surface area contributed by atoms with Crippen LogP contribution in [0.15, 0.2) is 97.3 Å². The van der Waals surface area contributed by atoms with Crippen LogP contribution in [0.5, 0.6) is 0 Å². The zero-order valence-electron chi connectivity index (χ0n) is 18.1. The highest BCUT2D eigenvalue weighted by Gasteiger charge is 2.30. The molecule has 32 heavy (non-hydrogen) atoms. The van der Waals surface area contributed by atoms with E-state index in [0.717, 1.165) is 30.6 Å². The predicted octanol–water partition coefficient (Wildman–Crippen LogP) is 5.17. The molecule has 4 heteroatoms. The predicted molar refractivity (Wildman–Crippen MR) is 127 cm³/mol. The molecule has 0 spiro atoms. The average Bonchev–Trinajstić information content (AvgIpc) is 3.33. The Bertz CT molecular complexity index is 1180. The van der Waals surface area contributed by atoms with E-state index < -0.39 is 0 Å².